The maximum absolute atomic E-state index is 6.09. The quantitative estimate of drug-likeness (QED) is 0.879. The zero-order valence-electron chi connectivity index (χ0n) is 10.6. The van der Waals surface area contributed by atoms with Gasteiger partial charge in [0.25, 0.3) is 0 Å². The first kappa shape index (κ1) is 14.2. The van der Waals surface area contributed by atoms with Gasteiger partial charge in [0.15, 0.2) is 0 Å². The Balaban J connectivity index is 2.33. The van der Waals surface area contributed by atoms with E-state index in [0.717, 1.165) is 28.3 Å². The highest BCUT2D eigenvalue weighted by atomic mass is 35.5. The molecular weight excluding hydrogens is 281 g/mol. The molecule has 0 atom stereocenters. The summed E-state index contributed by atoms with van der Waals surface area (Å²) in [7, 11) is 0. The summed E-state index contributed by atoms with van der Waals surface area (Å²) < 4.78 is 5.86. The van der Waals surface area contributed by atoms with Crippen LogP contribution in [0.5, 0.6) is 11.5 Å². The third-order valence-corrected chi connectivity index (χ3v) is 3.48. The van der Waals surface area contributed by atoms with Gasteiger partial charge in [0.05, 0.1) is 0 Å². The number of nitrogens with two attached hydrogens (primary N) is 1. The lowest BCUT2D eigenvalue weighted by Gasteiger charge is -2.12. The summed E-state index contributed by atoms with van der Waals surface area (Å²) >= 11 is 12.1. The second-order valence-corrected chi connectivity index (χ2v) is 5.01. The summed E-state index contributed by atoms with van der Waals surface area (Å²) in [6.45, 7) is 2.45. The topological polar surface area (TPSA) is 35.2 Å². The van der Waals surface area contributed by atoms with Crippen molar-refractivity contribution in [3.05, 3.63) is 57.6 Å². The minimum Gasteiger partial charge on any atom is -0.457 e. The molecule has 0 aliphatic rings. The van der Waals surface area contributed by atoms with E-state index in [2.05, 4.69) is 6.92 Å². The van der Waals surface area contributed by atoms with Crippen LogP contribution in [-0.4, -0.2) is 0 Å². The minimum atomic E-state index is 0.403. The van der Waals surface area contributed by atoms with Crippen LogP contribution in [0, 0.1) is 0 Å². The fourth-order valence-corrected chi connectivity index (χ4v) is 2.22. The Labute approximate surface area is 123 Å². The predicted octanol–water partition coefficient (Wildman–Crippen LogP) is 4.81. The van der Waals surface area contributed by atoms with Crippen molar-refractivity contribution in [2.45, 2.75) is 19.9 Å². The van der Waals surface area contributed by atoms with Crippen LogP contribution in [0.3, 0.4) is 0 Å². The van der Waals surface area contributed by atoms with Gasteiger partial charge in [-0.2, -0.15) is 0 Å². The maximum atomic E-state index is 6.09. The minimum absolute atomic E-state index is 0.403. The predicted molar refractivity (Wildman–Crippen MR) is 80.2 cm³/mol. The molecule has 0 saturated heterocycles. The van der Waals surface area contributed by atoms with Crippen molar-refractivity contribution in [2.75, 3.05) is 0 Å². The van der Waals surface area contributed by atoms with Crippen LogP contribution in [0.2, 0.25) is 10.0 Å². The van der Waals surface area contributed by atoms with E-state index in [9.17, 15) is 0 Å². The van der Waals surface area contributed by atoms with Crippen LogP contribution in [0.15, 0.2) is 36.4 Å². The molecule has 2 aromatic rings. The highest BCUT2D eigenvalue weighted by Gasteiger charge is 2.07. The number of aryl methyl sites for hydroxylation is 1. The molecule has 0 aliphatic heterocycles. The molecule has 0 bridgehead atoms. The summed E-state index contributed by atoms with van der Waals surface area (Å²) in [4.78, 5) is 0. The molecule has 2 nitrogen and oxygen atoms in total. The van der Waals surface area contributed by atoms with Crippen molar-refractivity contribution < 1.29 is 4.74 Å². The lowest BCUT2D eigenvalue weighted by molar-refractivity contribution is 0.476. The lowest BCUT2D eigenvalue weighted by Crippen LogP contribution is -1.99. The van der Waals surface area contributed by atoms with Gasteiger partial charge in [-0.05, 0) is 42.3 Å². The van der Waals surface area contributed by atoms with E-state index in [0.29, 0.717) is 17.3 Å². The van der Waals surface area contributed by atoms with Gasteiger partial charge in [0, 0.05) is 22.2 Å². The first-order chi connectivity index (χ1) is 9.13. The molecule has 0 spiro atoms. The molecule has 0 fully saturated rings. The third-order valence-electron chi connectivity index (χ3n) is 2.88. The van der Waals surface area contributed by atoms with E-state index < -0.39 is 0 Å². The van der Waals surface area contributed by atoms with Crippen molar-refractivity contribution in [1.29, 1.82) is 0 Å². The number of ether oxygens (including phenoxy) is 1. The summed E-state index contributed by atoms with van der Waals surface area (Å²) in [6.07, 6.45) is 0.856. The lowest BCUT2D eigenvalue weighted by atomic mass is 10.1. The highest BCUT2D eigenvalue weighted by molar-refractivity contribution is 6.31. The molecule has 19 heavy (non-hydrogen) atoms. The average molecular weight is 296 g/mol. The van der Waals surface area contributed by atoms with Crippen LogP contribution in [0.25, 0.3) is 0 Å². The fraction of sp³-hybridized carbons (Fsp3) is 0.200. The van der Waals surface area contributed by atoms with Crippen LogP contribution < -0.4 is 10.5 Å². The largest absolute Gasteiger partial charge is 0.457 e. The van der Waals surface area contributed by atoms with Crippen molar-refractivity contribution >= 4 is 23.2 Å². The van der Waals surface area contributed by atoms with Crippen LogP contribution in [0.4, 0.5) is 0 Å². The molecule has 0 radical (unpaired) electrons. The Bertz CT molecular complexity index is 584. The van der Waals surface area contributed by atoms with Gasteiger partial charge in [-0.15, -0.1) is 0 Å². The van der Waals surface area contributed by atoms with Gasteiger partial charge in [0.1, 0.15) is 11.5 Å². The summed E-state index contributed by atoms with van der Waals surface area (Å²) in [5.74, 6) is 1.41. The number of benzene rings is 2. The molecule has 100 valence electrons. The molecule has 0 heterocycles. The van der Waals surface area contributed by atoms with Gasteiger partial charge < -0.3 is 10.5 Å². The third kappa shape index (κ3) is 3.41. The first-order valence-corrected chi connectivity index (χ1v) is 6.84. The zero-order valence-corrected chi connectivity index (χ0v) is 12.1. The van der Waals surface area contributed by atoms with E-state index >= 15 is 0 Å². The first-order valence-electron chi connectivity index (χ1n) is 6.08. The molecular formula is C15H15Cl2NO. The molecule has 0 amide bonds. The Morgan fingerprint density at radius 1 is 1.05 bits per heavy atom. The molecule has 0 aromatic heterocycles. The molecule has 0 saturated carbocycles. The number of hydrogen-bond acceptors (Lipinski definition) is 2. The molecule has 0 aliphatic carbocycles. The molecule has 4 heteroatoms. The number of rotatable bonds is 4. The smallest absolute Gasteiger partial charge is 0.133 e. The molecule has 2 rings (SSSR count). The summed E-state index contributed by atoms with van der Waals surface area (Å²) in [6, 6.07) is 11.0. The van der Waals surface area contributed by atoms with Gasteiger partial charge in [-0.3, -0.25) is 0 Å². The number of halogens is 2. The fourth-order valence-electron chi connectivity index (χ4n) is 1.80. The van der Waals surface area contributed by atoms with Crippen molar-refractivity contribution in [3.63, 3.8) is 0 Å². The Morgan fingerprint density at radius 2 is 1.84 bits per heavy atom. The van der Waals surface area contributed by atoms with Crippen LogP contribution in [0.1, 0.15) is 18.1 Å². The normalized spacial score (nSPS) is 10.5. The Hall–Kier alpha value is -1.22. The van der Waals surface area contributed by atoms with Gasteiger partial charge in [0.2, 0.25) is 0 Å². The Kier molecular flexibility index (Phi) is 4.70. The SMILES string of the molecule is CCc1cc(Oc2cc(Cl)ccc2CN)ccc1Cl. The zero-order chi connectivity index (χ0) is 13.8. The van der Waals surface area contributed by atoms with Crippen molar-refractivity contribution in [2.24, 2.45) is 5.73 Å². The second kappa shape index (κ2) is 6.29. The van der Waals surface area contributed by atoms with Crippen molar-refractivity contribution in [1.82, 2.24) is 0 Å². The van der Waals surface area contributed by atoms with E-state index in [4.69, 9.17) is 33.7 Å². The van der Waals surface area contributed by atoms with Crippen LogP contribution in [-0.2, 0) is 13.0 Å². The Morgan fingerprint density at radius 3 is 2.53 bits per heavy atom. The molecule has 2 aromatic carbocycles. The number of hydrogen-bond donors (Lipinski definition) is 1. The van der Waals surface area contributed by atoms with E-state index in [1.807, 2.05) is 24.3 Å². The summed E-state index contributed by atoms with van der Waals surface area (Å²) in [5.41, 5.74) is 7.66. The van der Waals surface area contributed by atoms with Gasteiger partial charge in [-0.25, -0.2) is 0 Å². The van der Waals surface area contributed by atoms with Gasteiger partial charge in [-0.1, -0.05) is 36.2 Å². The van der Waals surface area contributed by atoms with E-state index in [1.165, 1.54) is 0 Å². The standard InChI is InChI=1S/C15H15Cl2NO/c1-2-10-7-13(5-6-14(10)17)19-15-8-12(16)4-3-11(15)9-18/h3-8H,2,9,18H2,1H3. The van der Waals surface area contributed by atoms with Crippen LogP contribution >= 0.6 is 23.2 Å². The second-order valence-electron chi connectivity index (χ2n) is 4.17. The molecule has 0 unspecified atom stereocenters. The highest BCUT2D eigenvalue weighted by Crippen LogP contribution is 2.30. The maximum Gasteiger partial charge on any atom is 0.133 e. The average Bonchev–Trinajstić information content (AvgIpc) is 2.41. The summed E-state index contributed by atoms with van der Waals surface area (Å²) in [5, 5.41) is 1.37. The van der Waals surface area contributed by atoms with Gasteiger partial charge >= 0.3 is 0 Å². The van der Waals surface area contributed by atoms with E-state index in [-0.39, 0.29) is 0 Å². The van der Waals surface area contributed by atoms with E-state index in [1.54, 1.807) is 12.1 Å². The van der Waals surface area contributed by atoms with Crippen molar-refractivity contribution in [3.8, 4) is 11.5 Å². The molecule has 2 N–H and O–H groups in total. The monoisotopic (exact) mass is 295 g/mol.